The average molecular weight is 359 g/mol. The molecular formula is C18H22CaO3S. The normalized spacial score (nSPS) is 9.74. The first-order valence-corrected chi connectivity index (χ1v) is 8.21. The molecule has 120 valence electrons. The van der Waals surface area contributed by atoms with Gasteiger partial charge in [-0.3, -0.25) is 4.18 Å². The van der Waals surface area contributed by atoms with Gasteiger partial charge in [-0.2, -0.15) is 8.42 Å². The Kier molecular flexibility index (Phi) is 12.0. The Balaban J connectivity index is 0.000000427. The number of allylic oxidation sites excluding steroid dienone is 1. The van der Waals surface area contributed by atoms with Gasteiger partial charge in [0.1, 0.15) is 0 Å². The van der Waals surface area contributed by atoms with E-state index in [0.29, 0.717) is 0 Å². The molecule has 0 N–H and O–H groups in total. The van der Waals surface area contributed by atoms with Gasteiger partial charge >= 0.3 is 37.7 Å². The van der Waals surface area contributed by atoms with Crippen LogP contribution in [0.15, 0.2) is 90.9 Å². The molecule has 0 spiro atoms. The van der Waals surface area contributed by atoms with Crippen molar-refractivity contribution in [2.75, 3.05) is 6.61 Å². The zero-order valence-electron chi connectivity index (χ0n) is 12.4. The summed E-state index contributed by atoms with van der Waals surface area (Å²) < 4.78 is 27.3. The third-order valence-electron chi connectivity index (χ3n) is 2.60. The fraction of sp³-hybridized carbons (Fsp3) is 0.111. The van der Waals surface area contributed by atoms with E-state index in [1.165, 1.54) is 23.8 Å². The van der Waals surface area contributed by atoms with Crippen molar-refractivity contribution in [1.82, 2.24) is 0 Å². The zero-order chi connectivity index (χ0) is 16.3. The van der Waals surface area contributed by atoms with E-state index >= 15 is 0 Å². The van der Waals surface area contributed by atoms with Gasteiger partial charge in [0, 0.05) is 0 Å². The second-order valence-corrected chi connectivity index (χ2v) is 5.93. The molecule has 2 aromatic rings. The van der Waals surface area contributed by atoms with Crippen molar-refractivity contribution in [2.45, 2.75) is 11.3 Å². The first-order chi connectivity index (χ1) is 10.6. The molecular weight excluding hydrogens is 336 g/mol. The SMILES string of the molecule is C=CCOS(=O)(=O)c1ccccc1.C=CCc1ccccc1.[CaH2]. The van der Waals surface area contributed by atoms with Crippen LogP contribution in [0.2, 0.25) is 0 Å². The van der Waals surface area contributed by atoms with E-state index in [2.05, 4.69) is 29.5 Å². The van der Waals surface area contributed by atoms with Crippen molar-refractivity contribution < 1.29 is 12.6 Å². The van der Waals surface area contributed by atoms with Gasteiger partial charge in [0.05, 0.1) is 11.5 Å². The summed E-state index contributed by atoms with van der Waals surface area (Å²) in [4.78, 5) is 0.164. The molecule has 0 unspecified atom stereocenters. The Hall–Kier alpha value is -0.910. The number of benzene rings is 2. The van der Waals surface area contributed by atoms with Crippen LogP contribution in [0.1, 0.15) is 5.56 Å². The van der Waals surface area contributed by atoms with E-state index in [4.69, 9.17) is 0 Å². The van der Waals surface area contributed by atoms with Crippen LogP contribution < -0.4 is 0 Å². The van der Waals surface area contributed by atoms with E-state index < -0.39 is 10.1 Å². The third kappa shape index (κ3) is 9.08. The summed E-state index contributed by atoms with van der Waals surface area (Å²) in [5.41, 5.74) is 1.33. The number of rotatable bonds is 6. The van der Waals surface area contributed by atoms with Crippen molar-refractivity contribution in [3.05, 3.63) is 91.5 Å². The van der Waals surface area contributed by atoms with E-state index in [1.54, 1.807) is 18.2 Å². The van der Waals surface area contributed by atoms with Gasteiger partial charge in [-0.15, -0.1) is 13.2 Å². The second-order valence-electron chi connectivity index (χ2n) is 4.32. The molecule has 2 rings (SSSR count). The second kappa shape index (κ2) is 12.5. The Labute approximate surface area is 168 Å². The van der Waals surface area contributed by atoms with Crippen LogP contribution in [0.3, 0.4) is 0 Å². The Morgan fingerprint density at radius 2 is 1.39 bits per heavy atom. The molecule has 0 aliphatic carbocycles. The summed E-state index contributed by atoms with van der Waals surface area (Å²) in [6.07, 6.45) is 4.27. The first kappa shape index (κ1) is 22.1. The zero-order valence-corrected chi connectivity index (χ0v) is 13.2. The summed E-state index contributed by atoms with van der Waals surface area (Å²) in [5, 5.41) is 0. The van der Waals surface area contributed by atoms with Crippen LogP contribution >= 0.6 is 0 Å². The fourth-order valence-electron chi connectivity index (χ4n) is 1.57. The van der Waals surface area contributed by atoms with Gasteiger partial charge in [-0.05, 0) is 24.1 Å². The van der Waals surface area contributed by atoms with Crippen LogP contribution in [-0.4, -0.2) is 52.8 Å². The van der Waals surface area contributed by atoms with Gasteiger partial charge < -0.3 is 0 Å². The molecule has 0 aromatic heterocycles. The monoisotopic (exact) mass is 358 g/mol. The Morgan fingerprint density at radius 1 is 0.870 bits per heavy atom. The summed E-state index contributed by atoms with van der Waals surface area (Å²) >= 11 is 0. The van der Waals surface area contributed by atoms with Crippen molar-refractivity contribution in [2.24, 2.45) is 0 Å². The molecule has 3 nitrogen and oxygen atoms in total. The molecule has 23 heavy (non-hydrogen) atoms. The third-order valence-corrected chi connectivity index (χ3v) is 3.89. The number of hydrogen-bond acceptors (Lipinski definition) is 3. The molecule has 5 heteroatoms. The molecule has 0 heterocycles. The van der Waals surface area contributed by atoms with Crippen molar-refractivity contribution >= 4 is 47.9 Å². The van der Waals surface area contributed by atoms with Crippen LogP contribution in [0.25, 0.3) is 0 Å². The van der Waals surface area contributed by atoms with Crippen molar-refractivity contribution in [3.63, 3.8) is 0 Å². The van der Waals surface area contributed by atoms with Gasteiger partial charge in [0.25, 0.3) is 10.1 Å². The molecule has 0 amide bonds. The quantitative estimate of drug-likeness (QED) is 0.453. The molecule has 0 bridgehead atoms. The first-order valence-electron chi connectivity index (χ1n) is 6.80. The summed E-state index contributed by atoms with van der Waals surface area (Å²) in [7, 11) is -3.59. The topological polar surface area (TPSA) is 43.4 Å². The summed E-state index contributed by atoms with van der Waals surface area (Å²) in [5.74, 6) is 0. The van der Waals surface area contributed by atoms with Gasteiger partial charge in [-0.1, -0.05) is 60.7 Å². The van der Waals surface area contributed by atoms with Gasteiger partial charge in [-0.25, -0.2) is 0 Å². The molecule has 0 aliphatic heterocycles. The van der Waals surface area contributed by atoms with Gasteiger partial charge in [0.15, 0.2) is 0 Å². The van der Waals surface area contributed by atoms with Crippen LogP contribution in [0, 0.1) is 0 Å². The van der Waals surface area contributed by atoms with Gasteiger partial charge in [0.2, 0.25) is 0 Å². The van der Waals surface area contributed by atoms with E-state index in [-0.39, 0.29) is 49.2 Å². The average Bonchev–Trinajstić information content (AvgIpc) is 2.56. The van der Waals surface area contributed by atoms with Crippen molar-refractivity contribution in [1.29, 1.82) is 0 Å². The Morgan fingerprint density at radius 3 is 1.87 bits per heavy atom. The standard InChI is InChI=1S/C9H10O3S.C9H10.Ca.2H/c1-2-8-12-13(10,11)9-6-4-3-5-7-9;1-2-6-9-7-4-3-5-8-9;;;/h2-7H,1,8H2;2-5,7-8H,1,6H2;;;. The van der Waals surface area contributed by atoms with E-state index in [1.807, 2.05) is 24.3 Å². The predicted octanol–water partition coefficient (Wildman–Crippen LogP) is 3.08. The minimum absolute atomic E-state index is 0. The molecule has 0 atom stereocenters. The van der Waals surface area contributed by atoms with Crippen LogP contribution in [0.5, 0.6) is 0 Å². The molecule has 2 aromatic carbocycles. The van der Waals surface area contributed by atoms with Crippen LogP contribution in [-0.2, 0) is 20.7 Å². The maximum atomic E-state index is 11.3. The van der Waals surface area contributed by atoms with Crippen LogP contribution in [0.4, 0.5) is 0 Å². The molecule has 0 radical (unpaired) electrons. The summed E-state index contributed by atoms with van der Waals surface area (Å²) in [6, 6.07) is 18.3. The Bertz CT molecular complexity index is 668. The maximum absolute atomic E-state index is 11.3. The van der Waals surface area contributed by atoms with E-state index in [0.717, 1.165) is 6.42 Å². The molecule has 0 saturated carbocycles. The number of hydrogen-bond donors (Lipinski definition) is 0. The minimum atomic E-state index is -3.59. The van der Waals surface area contributed by atoms with E-state index in [9.17, 15) is 8.42 Å². The molecule has 0 aliphatic rings. The fourth-order valence-corrected chi connectivity index (χ4v) is 2.48. The van der Waals surface area contributed by atoms with Crippen molar-refractivity contribution in [3.8, 4) is 0 Å². The molecule has 0 saturated heterocycles. The predicted molar refractivity (Wildman–Crippen MR) is 98.7 cm³/mol. The molecule has 0 fully saturated rings. The summed E-state index contributed by atoms with van der Waals surface area (Å²) in [6.45, 7) is 7.02.